The third-order valence-electron chi connectivity index (χ3n) is 7.58. The summed E-state index contributed by atoms with van der Waals surface area (Å²) in [6, 6.07) is 5.79. The van der Waals surface area contributed by atoms with Crippen molar-refractivity contribution in [3.8, 4) is 40.1 Å². The molecule has 0 amide bonds. The number of aromatic hydroxyl groups is 3. The number of phenols is 3. The Labute approximate surface area is 252 Å². The summed E-state index contributed by atoms with van der Waals surface area (Å²) in [5.41, 5.74) is -1.22. The summed E-state index contributed by atoms with van der Waals surface area (Å²) in [4.78, 5) is 13.9. The normalized spacial score (nSPS) is 32.0. The number of aliphatic hydroxyl groups is 7. The molecule has 5 rings (SSSR count). The van der Waals surface area contributed by atoms with Gasteiger partial charge < -0.3 is 79.2 Å². The van der Waals surface area contributed by atoms with Crippen molar-refractivity contribution in [2.75, 3.05) is 20.3 Å². The lowest BCUT2D eigenvalue weighted by atomic mass is 9.97. The molecule has 2 fully saturated rings. The van der Waals surface area contributed by atoms with E-state index in [0.717, 1.165) is 18.2 Å². The molecule has 10 atom stereocenters. The summed E-state index contributed by atoms with van der Waals surface area (Å²) in [5, 5.41) is 102. The standard InChI is InChI=1S/C28H32O17/c1-40-10-5-13(33)17-14(6-10)41-24(9-2-3-11(31)12(32)4-9)25(20(17)36)44-28-26(22(38)19(35)16(8-30)43-28)45-27-23(39)21(37)18(34)15(7-29)42-27/h2-6,15-16,18-19,21-23,26-35,37-39H,7-8H2,1H3/t15-,16-,18-,19-,21+,22-,23+,26-,27+,28+/m1/s1. The summed E-state index contributed by atoms with van der Waals surface area (Å²) in [5.74, 6) is -2.65. The zero-order chi connectivity index (χ0) is 32.7. The van der Waals surface area contributed by atoms with E-state index in [1.807, 2.05) is 0 Å². The predicted octanol–water partition coefficient (Wildman–Crippen LogP) is -2.41. The van der Waals surface area contributed by atoms with Gasteiger partial charge in [0.15, 0.2) is 29.7 Å². The molecule has 2 aliphatic rings. The molecule has 3 aromatic rings. The first-order chi connectivity index (χ1) is 21.4. The van der Waals surface area contributed by atoms with Gasteiger partial charge in [-0.15, -0.1) is 0 Å². The van der Waals surface area contributed by atoms with Gasteiger partial charge in [-0.25, -0.2) is 0 Å². The Morgan fingerprint density at radius 2 is 1.40 bits per heavy atom. The summed E-state index contributed by atoms with van der Waals surface area (Å²) < 4.78 is 33.5. The van der Waals surface area contributed by atoms with E-state index in [9.17, 15) is 55.9 Å². The van der Waals surface area contributed by atoms with Crippen molar-refractivity contribution in [1.82, 2.24) is 0 Å². The van der Waals surface area contributed by atoms with Crippen LogP contribution in [0, 0.1) is 0 Å². The molecule has 17 nitrogen and oxygen atoms in total. The first-order valence-corrected chi connectivity index (χ1v) is 13.5. The number of hydrogen-bond donors (Lipinski definition) is 10. The van der Waals surface area contributed by atoms with Crippen LogP contribution in [-0.4, -0.2) is 133 Å². The van der Waals surface area contributed by atoms with Gasteiger partial charge in [-0.3, -0.25) is 4.79 Å². The molecule has 246 valence electrons. The number of benzene rings is 2. The van der Waals surface area contributed by atoms with Gasteiger partial charge in [-0.1, -0.05) is 0 Å². The molecule has 2 aliphatic heterocycles. The molecule has 45 heavy (non-hydrogen) atoms. The van der Waals surface area contributed by atoms with E-state index in [1.165, 1.54) is 19.2 Å². The molecule has 2 aromatic carbocycles. The average molecular weight is 641 g/mol. The predicted molar refractivity (Wildman–Crippen MR) is 146 cm³/mol. The highest BCUT2D eigenvalue weighted by Gasteiger charge is 2.51. The maximum atomic E-state index is 13.9. The van der Waals surface area contributed by atoms with Crippen LogP contribution < -0.4 is 14.9 Å². The fraction of sp³-hybridized carbons (Fsp3) is 0.464. The minimum Gasteiger partial charge on any atom is -0.507 e. The Kier molecular flexibility index (Phi) is 9.38. The first kappa shape index (κ1) is 32.6. The smallest absolute Gasteiger partial charge is 0.239 e. The van der Waals surface area contributed by atoms with Crippen molar-refractivity contribution in [2.45, 2.75) is 61.4 Å². The van der Waals surface area contributed by atoms with Crippen molar-refractivity contribution in [3.63, 3.8) is 0 Å². The van der Waals surface area contributed by atoms with Gasteiger partial charge in [-0.2, -0.15) is 0 Å². The van der Waals surface area contributed by atoms with Crippen molar-refractivity contribution in [3.05, 3.63) is 40.6 Å². The Balaban J connectivity index is 1.62. The van der Waals surface area contributed by atoms with Crippen LogP contribution in [0.4, 0.5) is 0 Å². The van der Waals surface area contributed by atoms with Gasteiger partial charge in [0.2, 0.25) is 17.5 Å². The lowest BCUT2D eigenvalue weighted by Gasteiger charge is -2.45. The number of aliphatic hydroxyl groups excluding tert-OH is 7. The second kappa shape index (κ2) is 12.9. The molecular formula is C28H32O17. The molecule has 0 spiro atoms. The minimum atomic E-state index is -1.96. The zero-order valence-electron chi connectivity index (χ0n) is 23.4. The Morgan fingerprint density at radius 3 is 2.02 bits per heavy atom. The van der Waals surface area contributed by atoms with Crippen LogP contribution in [0.15, 0.2) is 39.5 Å². The Morgan fingerprint density at radius 1 is 0.756 bits per heavy atom. The maximum absolute atomic E-state index is 13.9. The van der Waals surface area contributed by atoms with Crippen LogP contribution >= 0.6 is 0 Å². The van der Waals surface area contributed by atoms with Gasteiger partial charge in [0.05, 0.1) is 20.3 Å². The molecule has 0 unspecified atom stereocenters. The van der Waals surface area contributed by atoms with E-state index in [1.54, 1.807) is 0 Å². The number of hydrogen-bond acceptors (Lipinski definition) is 17. The highest BCUT2D eigenvalue weighted by atomic mass is 16.8. The van der Waals surface area contributed by atoms with E-state index in [4.69, 9.17) is 28.1 Å². The van der Waals surface area contributed by atoms with Crippen molar-refractivity contribution < 1.29 is 79.2 Å². The summed E-state index contributed by atoms with van der Waals surface area (Å²) >= 11 is 0. The largest absolute Gasteiger partial charge is 0.507 e. The molecule has 2 saturated heterocycles. The fourth-order valence-electron chi connectivity index (χ4n) is 5.08. The van der Waals surface area contributed by atoms with Crippen LogP contribution in [-0.2, 0) is 14.2 Å². The third kappa shape index (κ3) is 5.98. The average Bonchev–Trinajstić information content (AvgIpc) is 3.02. The van der Waals surface area contributed by atoms with Gasteiger partial charge >= 0.3 is 0 Å². The van der Waals surface area contributed by atoms with E-state index < -0.39 is 103 Å². The topological polar surface area (TPSA) is 279 Å². The van der Waals surface area contributed by atoms with E-state index in [0.29, 0.717) is 0 Å². The van der Waals surface area contributed by atoms with Crippen molar-refractivity contribution in [1.29, 1.82) is 0 Å². The van der Waals surface area contributed by atoms with Crippen molar-refractivity contribution in [2.24, 2.45) is 0 Å². The SMILES string of the molecule is COc1cc(O)c2c(=O)c(O[C@@H]3O[C@H](CO)[C@@H](O)[C@@H](O)[C@H]3O[C@@H]3O[C@H](CO)[C@@H](O)[C@H](O)[C@@H]3O)c(-c3ccc(O)c(O)c3)oc2c1. The van der Waals surface area contributed by atoms with E-state index >= 15 is 0 Å². The van der Waals surface area contributed by atoms with E-state index in [2.05, 4.69) is 0 Å². The van der Waals surface area contributed by atoms with E-state index in [-0.39, 0.29) is 28.0 Å². The monoisotopic (exact) mass is 640 g/mol. The molecule has 0 aliphatic carbocycles. The lowest BCUT2D eigenvalue weighted by molar-refractivity contribution is -0.358. The van der Waals surface area contributed by atoms with Crippen LogP contribution in [0.2, 0.25) is 0 Å². The fourth-order valence-corrected chi connectivity index (χ4v) is 5.08. The van der Waals surface area contributed by atoms with Gasteiger partial charge in [-0.05, 0) is 18.2 Å². The number of methoxy groups -OCH3 is 1. The van der Waals surface area contributed by atoms with Crippen LogP contribution in [0.1, 0.15) is 0 Å². The minimum absolute atomic E-state index is 0.0249. The lowest BCUT2D eigenvalue weighted by Crippen LogP contribution is -2.65. The number of rotatable bonds is 8. The second-order valence-electron chi connectivity index (χ2n) is 10.4. The quantitative estimate of drug-likeness (QED) is 0.115. The molecule has 0 saturated carbocycles. The highest BCUT2D eigenvalue weighted by Crippen LogP contribution is 2.40. The highest BCUT2D eigenvalue weighted by molar-refractivity contribution is 5.88. The molecule has 0 bridgehead atoms. The first-order valence-electron chi connectivity index (χ1n) is 13.5. The van der Waals surface area contributed by atoms with Crippen LogP contribution in [0.3, 0.4) is 0 Å². The molecule has 1 aromatic heterocycles. The van der Waals surface area contributed by atoms with Gasteiger partial charge in [0.25, 0.3) is 0 Å². The van der Waals surface area contributed by atoms with Gasteiger partial charge in [0, 0.05) is 17.7 Å². The van der Waals surface area contributed by atoms with Crippen molar-refractivity contribution >= 4 is 11.0 Å². The summed E-state index contributed by atoms with van der Waals surface area (Å²) in [6.07, 6.45) is -17.9. The van der Waals surface area contributed by atoms with Crippen LogP contribution in [0.5, 0.6) is 28.7 Å². The Hall–Kier alpha value is -3.75. The molecule has 0 radical (unpaired) electrons. The summed E-state index contributed by atoms with van der Waals surface area (Å²) in [7, 11) is 1.31. The zero-order valence-corrected chi connectivity index (χ0v) is 23.4. The number of phenolic OH excluding ortho intramolecular Hbond substituents is 3. The third-order valence-corrected chi connectivity index (χ3v) is 7.58. The number of ether oxygens (including phenoxy) is 5. The molecule has 10 N–H and O–H groups in total. The molecular weight excluding hydrogens is 608 g/mol. The Bertz CT molecular complexity index is 1570. The summed E-state index contributed by atoms with van der Waals surface area (Å²) in [6.45, 7) is -1.66. The van der Waals surface area contributed by atoms with Crippen LogP contribution in [0.25, 0.3) is 22.3 Å². The molecule has 3 heterocycles. The molecule has 17 heteroatoms. The maximum Gasteiger partial charge on any atom is 0.239 e. The second-order valence-corrected chi connectivity index (χ2v) is 10.4. The number of fused-ring (bicyclic) bond motifs is 1. The van der Waals surface area contributed by atoms with Gasteiger partial charge in [0.1, 0.15) is 65.2 Å².